The van der Waals surface area contributed by atoms with E-state index in [1.807, 2.05) is 42.7 Å². The lowest BCUT2D eigenvalue weighted by Gasteiger charge is -2.12. The fraction of sp³-hybridized carbons (Fsp3) is 0.450. The summed E-state index contributed by atoms with van der Waals surface area (Å²) in [6.07, 6.45) is 1.79. The van der Waals surface area contributed by atoms with Crippen molar-refractivity contribution in [2.75, 3.05) is 11.9 Å². The Morgan fingerprint density at radius 1 is 1.14 bits per heavy atom. The van der Waals surface area contributed by atoms with Gasteiger partial charge >= 0.3 is 5.69 Å². The van der Waals surface area contributed by atoms with E-state index >= 15 is 0 Å². The minimum absolute atomic E-state index is 0.400. The number of aromatic amines is 1. The summed E-state index contributed by atoms with van der Waals surface area (Å²) < 4.78 is 9.06. The fourth-order valence-electron chi connectivity index (χ4n) is 3.29. The molecule has 0 saturated heterocycles. The van der Waals surface area contributed by atoms with Crippen LogP contribution in [-0.2, 0) is 19.6 Å². The number of nitrogens with one attached hydrogen (secondary N) is 2. The lowest BCUT2D eigenvalue weighted by Crippen LogP contribution is -2.31. The SMILES string of the molecule is CCCCn1c(=O)[nH]c(=O)c2c1nc(CNc1ccccc1OCC)n2CC. The smallest absolute Gasteiger partial charge is 0.330 e. The first kappa shape index (κ1) is 19.7. The summed E-state index contributed by atoms with van der Waals surface area (Å²) in [5.41, 5.74) is 0.930. The summed E-state index contributed by atoms with van der Waals surface area (Å²) in [4.78, 5) is 31.8. The number of aryl methyl sites for hydroxylation is 2. The quantitative estimate of drug-likeness (QED) is 0.591. The molecule has 3 rings (SSSR count). The summed E-state index contributed by atoms with van der Waals surface area (Å²) in [5.74, 6) is 1.46. The molecule has 0 fully saturated rings. The van der Waals surface area contributed by atoms with E-state index in [4.69, 9.17) is 4.74 Å². The predicted octanol–water partition coefficient (Wildman–Crippen LogP) is 2.72. The van der Waals surface area contributed by atoms with Crippen molar-refractivity contribution in [3.8, 4) is 5.75 Å². The Morgan fingerprint density at radius 2 is 1.93 bits per heavy atom. The van der Waals surface area contributed by atoms with E-state index in [1.54, 1.807) is 4.57 Å². The second kappa shape index (κ2) is 8.77. The van der Waals surface area contributed by atoms with Crippen LogP contribution in [0.3, 0.4) is 0 Å². The Hall–Kier alpha value is -3.03. The zero-order valence-electron chi connectivity index (χ0n) is 16.6. The molecule has 3 aromatic rings. The van der Waals surface area contributed by atoms with Crippen molar-refractivity contribution in [1.82, 2.24) is 19.1 Å². The van der Waals surface area contributed by atoms with Crippen LogP contribution in [0.2, 0.25) is 0 Å². The van der Waals surface area contributed by atoms with Crippen LogP contribution >= 0.6 is 0 Å². The molecule has 0 bridgehead atoms. The highest BCUT2D eigenvalue weighted by molar-refractivity contribution is 5.71. The number of nitrogens with zero attached hydrogens (tertiary/aromatic N) is 3. The van der Waals surface area contributed by atoms with Crippen molar-refractivity contribution in [3.05, 3.63) is 50.9 Å². The summed E-state index contributed by atoms with van der Waals surface area (Å²) in [6, 6.07) is 7.69. The fourth-order valence-corrected chi connectivity index (χ4v) is 3.29. The van der Waals surface area contributed by atoms with Gasteiger partial charge in [0.05, 0.1) is 18.8 Å². The van der Waals surface area contributed by atoms with Crippen LogP contribution in [0.1, 0.15) is 39.4 Å². The predicted molar refractivity (Wildman–Crippen MR) is 110 cm³/mol. The third-order valence-electron chi connectivity index (χ3n) is 4.64. The molecule has 2 N–H and O–H groups in total. The van der Waals surface area contributed by atoms with Gasteiger partial charge in [0.2, 0.25) is 0 Å². The highest BCUT2D eigenvalue weighted by Gasteiger charge is 2.17. The number of H-pyrrole nitrogens is 1. The molecule has 8 nitrogen and oxygen atoms in total. The molecule has 0 spiro atoms. The number of fused-ring (bicyclic) bond motifs is 1. The van der Waals surface area contributed by atoms with Crippen molar-refractivity contribution in [1.29, 1.82) is 0 Å². The Kier molecular flexibility index (Phi) is 6.18. The van der Waals surface area contributed by atoms with Gasteiger partial charge in [-0.2, -0.15) is 0 Å². The van der Waals surface area contributed by atoms with Crippen LogP contribution in [0.5, 0.6) is 5.75 Å². The number of aromatic nitrogens is 4. The van der Waals surface area contributed by atoms with Crippen molar-refractivity contribution in [2.45, 2.75) is 53.2 Å². The van der Waals surface area contributed by atoms with Gasteiger partial charge in [-0.15, -0.1) is 0 Å². The Balaban J connectivity index is 2.01. The number of para-hydroxylation sites is 2. The zero-order valence-corrected chi connectivity index (χ0v) is 16.6. The molecule has 0 aliphatic carbocycles. The van der Waals surface area contributed by atoms with Gasteiger partial charge < -0.3 is 14.6 Å². The maximum Gasteiger partial charge on any atom is 0.330 e. The molecule has 0 aliphatic rings. The Labute approximate surface area is 163 Å². The lowest BCUT2D eigenvalue weighted by molar-refractivity contribution is 0.341. The average Bonchev–Trinajstić information content (AvgIpc) is 3.06. The molecule has 0 aliphatic heterocycles. The minimum atomic E-state index is -0.409. The van der Waals surface area contributed by atoms with Crippen LogP contribution in [0.4, 0.5) is 5.69 Å². The van der Waals surface area contributed by atoms with Crippen LogP contribution in [0, 0.1) is 0 Å². The van der Waals surface area contributed by atoms with Crippen molar-refractivity contribution < 1.29 is 4.74 Å². The highest BCUT2D eigenvalue weighted by Crippen LogP contribution is 2.24. The number of anilines is 1. The van der Waals surface area contributed by atoms with E-state index in [9.17, 15) is 9.59 Å². The number of unbranched alkanes of at least 4 members (excludes halogenated alkanes) is 1. The van der Waals surface area contributed by atoms with Crippen LogP contribution in [0.15, 0.2) is 33.9 Å². The number of ether oxygens (including phenoxy) is 1. The molecule has 0 unspecified atom stereocenters. The maximum absolute atomic E-state index is 12.5. The van der Waals surface area contributed by atoms with Crippen molar-refractivity contribution >= 4 is 16.9 Å². The third-order valence-corrected chi connectivity index (χ3v) is 4.64. The summed E-state index contributed by atoms with van der Waals surface area (Å²) in [6.45, 7) is 8.05. The van der Waals surface area contributed by atoms with Crippen LogP contribution < -0.4 is 21.3 Å². The van der Waals surface area contributed by atoms with Gasteiger partial charge in [0.15, 0.2) is 11.2 Å². The first-order chi connectivity index (χ1) is 13.6. The molecule has 28 heavy (non-hydrogen) atoms. The highest BCUT2D eigenvalue weighted by atomic mass is 16.5. The van der Waals surface area contributed by atoms with Gasteiger partial charge in [-0.25, -0.2) is 9.78 Å². The molecule has 0 radical (unpaired) electrons. The first-order valence-electron chi connectivity index (χ1n) is 9.78. The lowest BCUT2D eigenvalue weighted by atomic mass is 10.3. The maximum atomic E-state index is 12.5. The van der Waals surface area contributed by atoms with Gasteiger partial charge in [-0.3, -0.25) is 14.3 Å². The Bertz CT molecular complexity index is 1060. The molecule has 0 atom stereocenters. The van der Waals surface area contributed by atoms with Crippen molar-refractivity contribution in [2.24, 2.45) is 0 Å². The van der Waals surface area contributed by atoms with E-state index in [0.29, 0.717) is 43.2 Å². The Morgan fingerprint density at radius 3 is 2.64 bits per heavy atom. The van der Waals surface area contributed by atoms with Crippen molar-refractivity contribution in [3.63, 3.8) is 0 Å². The molecule has 0 saturated carbocycles. The van der Waals surface area contributed by atoms with E-state index in [0.717, 1.165) is 24.3 Å². The molecular weight excluding hydrogens is 358 g/mol. The van der Waals surface area contributed by atoms with E-state index in [2.05, 4.69) is 22.2 Å². The molecule has 150 valence electrons. The van der Waals surface area contributed by atoms with Crippen LogP contribution in [-0.4, -0.2) is 25.7 Å². The molecule has 2 aromatic heterocycles. The second-order valence-corrected chi connectivity index (χ2v) is 6.49. The van der Waals surface area contributed by atoms with Crippen LogP contribution in [0.25, 0.3) is 11.2 Å². The van der Waals surface area contributed by atoms with Gasteiger partial charge in [0.1, 0.15) is 11.6 Å². The zero-order chi connectivity index (χ0) is 20.1. The summed E-state index contributed by atoms with van der Waals surface area (Å²) in [5, 5.41) is 3.34. The molecule has 0 amide bonds. The number of rotatable bonds is 9. The largest absolute Gasteiger partial charge is 0.492 e. The molecule has 8 heteroatoms. The van der Waals surface area contributed by atoms with E-state index in [-0.39, 0.29) is 0 Å². The summed E-state index contributed by atoms with van der Waals surface area (Å²) >= 11 is 0. The summed E-state index contributed by atoms with van der Waals surface area (Å²) in [7, 11) is 0. The van der Waals surface area contributed by atoms with Gasteiger partial charge in [-0.1, -0.05) is 25.5 Å². The minimum Gasteiger partial charge on any atom is -0.492 e. The third kappa shape index (κ3) is 3.81. The monoisotopic (exact) mass is 385 g/mol. The van der Waals surface area contributed by atoms with Gasteiger partial charge in [0, 0.05) is 13.1 Å². The molecule has 2 heterocycles. The van der Waals surface area contributed by atoms with Gasteiger partial charge in [0.25, 0.3) is 5.56 Å². The standard InChI is InChI=1S/C20H27N5O3/c1-4-7-12-25-18-17(19(26)23-20(25)27)24(5-2)16(22-18)13-21-14-10-8-9-11-15(14)28-6-3/h8-11,21H,4-7,12-13H2,1-3H3,(H,23,26,27). The molecular formula is C20H27N5O3. The second-order valence-electron chi connectivity index (χ2n) is 6.49. The number of imidazole rings is 1. The molecule has 1 aromatic carbocycles. The normalized spacial score (nSPS) is 11.1. The number of hydrogen-bond donors (Lipinski definition) is 2. The first-order valence-corrected chi connectivity index (χ1v) is 9.78. The number of hydrogen-bond acceptors (Lipinski definition) is 5. The average molecular weight is 385 g/mol. The van der Waals surface area contributed by atoms with E-state index < -0.39 is 11.2 Å². The van der Waals surface area contributed by atoms with E-state index in [1.165, 1.54) is 0 Å². The number of benzene rings is 1. The van der Waals surface area contributed by atoms with Gasteiger partial charge in [-0.05, 0) is 32.4 Å². The topological polar surface area (TPSA) is 93.9 Å².